The van der Waals surface area contributed by atoms with Gasteiger partial charge in [0.1, 0.15) is 6.33 Å². The number of ether oxygens (including phenoxy) is 1. The van der Waals surface area contributed by atoms with E-state index in [1.54, 1.807) is 6.20 Å². The summed E-state index contributed by atoms with van der Waals surface area (Å²) in [5.74, 6) is 0.511. The van der Waals surface area contributed by atoms with E-state index in [2.05, 4.69) is 20.2 Å². The Hall–Kier alpha value is -3.06. The van der Waals surface area contributed by atoms with Crippen LogP contribution in [-0.2, 0) is 11.3 Å². The van der Waals surface area contributed by atoms with E-state index in [1.807, 2.05) is 47.4 Å². The lowest BCUT2D eigenvalue weighted by molar-refractivity contribution is 0.0505. The number of amides is 1. The van der Waals surface area contributed by atoms with E-state index >= 15 is 0 Å². The van der Waals surface area contributed by atoms with E-state index in [9.17, 15) is 4.79 Å². The van der Waals surface area contributed by atoms with E-state index in [1.165, 1.54) is 6.33 Å². The third-order valence-corrected chi connectivity index (χ3v) is 4.64. The molecule has 0 saturated carbocycles. The molecule has 7 heteroatoms. The van der Waals surface area contributed by atoms with Crippen molar-refractivity contribution < 1.29 is 9.53 Å². The average molecular weight is 363 g/mol. The molecule has 3 aromatic rings. The lowest BCUT2D eigenvalue weighted by Gasteiger charge is -2.26. The van der Waals surface area contributed by atoms with Gasteiger partial charge >= 0.3 is 0 Å². The first kappa shape index (κ1) is 17.4. The highest BCUT2D eigenvalue weighted by Gasteiger charge is 2.26. The van der Waals surface area contributed by atoms with Gasteiger partial charge in [0.2, 0.25) is 0 Å². The van der Waals surface area contributed by atoms with Crippen LogP contribution in [0.3, 0.4) is 0 Å². The zero-order chi connectivity index (χ0) is 18.5. The van der Waals surface area contributed by atoms with Crippen molar-refractivity contribution in [2.75, 3.05) is 13.2 Å². The molecule has 1 atom stereocenters. The Morgan fingerprint density at radius 3 is 2.81 bits per heavy atom. The molecule has 1 unspecified atom stereocenters. The topological polar surface area (TPSA) is 84.0 Å². The fourth-order valence-corrected chi connectivity index (χ4v) is 3.32. The number of hydrogen-bond acceptors (Lipinski definition) is 5. The molecule has 27 heavy (non-hydrogen) atoms. The van der Waals surface area contributed by atoms with Crippen molar-refractivity contribution in [3.63, 3.8) is 0 Å². The van der Waals surface area contributed by atoms with Crippen molar-refractivity contribution in [2.24, 2.45) is 0 Å². The van der Waals surface area contributed by atoms with Gasteiger partial charge in [-0.25, -0.2) is 4.98 Å². The normalized spacial score (nSPS) is 16.4. The molecule has 0 radical (unpaired) electrons. The molecule has 138 valence electrons. The standard InChI is InChI=1S/C20H21N5O2/c26-20(18-9-2-1-8-17(18)19-22-14-23-24-19)25(13-16-7-5-11-27-16)12-15-6-3-4-10-21-15/h1-4,6,8-10,14,16H,5,7,11-13H2,(H,22,23,24). The van der Waals surface area contributed by atoms with Crippen LogP contribution in [0.15, 0.2) is 55.0 Å². The Balaban J connectivity index is 1.64. The molecule has 4 rings (SSSR count). The minimum absolute atomic E-state index is 0.0649. The van der Waals surface area contributed by atoms with Crippen LogP contribution < -0.4 is 0 Å². The summed E-state index contributed by atoms with van der Waals surface area (Å²) in [6, 6.07) is 13.2. The summed E-state index contributed by atoms with van der Waals surface area (Å²) in [5.41, 5.74) is 2.17. The number of pyridine rings is 1. The monoisotopic (exact) mass is 363 g/mol. The summed E-state index contributed by atoms with van der Waals surface area (Å²) in [4.78, 5) is 23.8. The predicted molar refractivity (Wildman–Crippen MR) is 99.8 cm³/mol. The van der Waals surface area contributed by atoms with Crippen molar-refractivity contribution in [1.29, 1.82) is 0 Å². The number of benzene rings is 1. The van der Waals surface area contributed by atoms with E-state index < -0.39 is 0 Å². The van der Waals surface area contributed by atoms with E-state index in [-0.39, 0.29) is 12.0 Å². The first-order valence-corrected chi connectivity index (χ1v) is 9.07. The van der Waals surface area contributed by atoms with Crippen LogP contribution in [0.5, 0.6) is 0 Å². The van der Waals surface area contributed by atoms with E-state index in [4.69, 9.17) is 4.74 Å². The molecule has 1 amide bonds. The van der Waals surface area contributed by atoms with Gasteiger partial charge in [0, 0.05) is 24.9 Å². The highest BCUT2D eigenvalue weighted by atomic mass is 16.5. The van der Waals surface area contributed by atoms with Crippen LogP contribution in [0, 0.1) is 0 Å². The number of aromatic nitrogens is 4. The maximum absolute atomic E-state index is 13.4. The Morgan fingerprint density at radius 2 is 2.07 bits per heavy atom. The van der Waals surface area contributed by atoms with Crippen LogP contribution in [0.25, 0.3) is 11.4 Å². The van der Waals surface area contributed by atoms with Gasteiger partial charge in [-0.05, 0) is 31.0 Å². The zero-order valence-electron chi connectivity index (χ0n) is 14.9. The van der Waals surface area contributed by atoms with Crippen molar-refractivity contribution in [3.05, 3.63) is 66.2 Å². The Labute approximate surface area is 157 Å². The second-order valence-electron chi connectivity index (χ2n) is 6.52. The zero-order valence-corrected chi connectivity index (χ0v) is 14.9. The Kier molecular flexibility index (Phi) is 5.20. The molecular weight excluding hydrogens is 342 g/mol. The van der Waals surface area contributed by atoms with Gasteiger partial charge in [0.05, 0.1) is 23.9 Å². The second-order valence-corrected chi connectivity index (χ2v) is 6.52. The van der Waals surface area contributed by atoms with E-state index in [0.29, 0.717) is 24.5 Å². The van der Waals surface area contributed by atoms with Crippen molar-refractivity contribution in [2.45, 2.75) is 25.5 Å². The largest absolute Gasteiger partial charge is 0.376 e. The third-order valence-electron chi connectivity index (χ3n) is 4.64. The number of hydrogen-bond donors (Lipinski definition) is 1. The lowest BCUT2D eigenvalue weighted by atomic mass is 10.0. The predicted octanol–water partition coefficient (Wildman–Crippen LogP) is 2.69. The number of nitrogens with zero attached hydrogens (tertiary/aromatic N) is 4. The molecule has 1 aliphatic heterocycles. The number of rotatable bonds is 6. The smallest absolute Gasteiger partial charge is 0.255 e. The molecule has 3 heterocycles. The summed E-state index contributed by atoms with van der Waals surface area (Å²) in [7, 11) is 0. The van der Waals surface area contributed by atoms with Gasteiger partial charge in [-0.1, -0.05) is 24.3 Å². The molecule has 1 N–H and O–H groups in total. The molecule has 1 aliphatic rings. The second kappa shape index (κ2) is 8.09. The van der Waals surface area contributed by atoms with Crippen molar-refractivity contribution >= 4 is 5.91 Å². The summed E-state index contributed by atoms with van der Waals surface area (Å²) in [6.45, 7) is 1.73. The van der Waals surface area contributed by atoms with Crippen molar-refractivity contribution in [3.8, 4) is 11.4 Å². The molecule has 1 fully saturated rings. The Morgan fingerprint density at radius 1 is 1.19 bits per heavy atom. The van der Waals surface area contributed by atoms with Crippen LogP contribution in [0.1, 0.15) is 28.9 Å². The first-order valence-electron chi connectivity index (χ1n) is 9.07. The third kappa shape index (κ3) is 4.03. The minimum atomic E-state index is -0.0665. The summed E-state index contributed by atoms with van der Waals surface area (Å²) >= 11 is 0. The quantitative estimate of drug-likeness (QED) is 0.728. The maximum Gasteiger partial charge on any atom is 0.255 e. The number of carbonyl (C=O) groups is 1. The summed E-state index contributed by atoms with van der Waals surface area (Å²) in [6.07, 6.45) is 5.25. The Bertz CT molecular complexity index is 876. The molecule has 0 aliphatic carbocycles. The van der Waals surface area contributed by atoms with Crippen LogP contribution in [0.2, 0.25) is 0 Å². The van der Waals surface area contributed by atoms with Gasteiger partial charge < -0.3 is 9.64 Å². The molecule has 0 spiro atoms. The van der Waals surface area contributed by atoms with Crippen LogP contribution in [-0.4, -0.2) is 50.2 Å². The first-order chi connectivity index (χ1) is 13.3. The lowest BCUT2D eigenvalue weighted by Crippen LogP contribution is -2.37. The highest BCUT2D eigenvalue weighted by Crippen LogP contribution is 2.23. The minimum Gasteiger partial charge on any atom is -0.376 e. The SMILES string of the molecule is O=C(c1ccccc1-c1ncn[nH]1)N(Cc1ccccn1)CC1CCCO1. The number of carbonyl (C=O) groups excluding carboxylic acids is 1. The molecule has 0 bridgehead atoms. The van der Waals surface area contributed by atoms with Gasteiger partial charge in [-0.2, -0.15) is 5.10 Å². The molecular formula is C20H21N5O2. The molecule has 1 saturated heterocycles. The highest BCUT2D eigenvalue weighted by molar-refractivity contribution is 6.00. The fourth-order valence-electron chi connectivity index (χ4n) is 3.32. The molecule has 1 aromatic carbocycles. The van der Waals surface area contributed by atoms with E-state index in [0.717, 1.165) is 30.7 Å². The van der Waals surface area contributed by atoms with Gasteiger partial charge in [-0.3, -0.25) is 14.9 Å². The van der Waals surface area contributed by atoms with Crippen LogP contribution >= 0.6 is 0 Å². The summed E-state index contributed by atoms with van der Waals surface area (Å²) < 4.78 is 5.77. The molecule has 7 nitrogen and oxygen atoms in total. The van der Waals surface area contributed by atoms with Gasteiger partial charge in [0.25, 0.3) is 5.91 Å². The fraction of sp³-hybridized carbons (Fsp3) is 0.300. The maximum atomic E-state index is 13.4. The number of H-pyrrole nitrogens is 1. The number of nitrogens with one attached hydrogen (secondary N) is 1. The summed E-state index contributed by atoms with van der Waals surface area (Å²) in [5, 5.41) is 6.75. The van der Waals surface area contributed by atoms with Gasteiger partial charge in [0.15, 0.2) is 5.82 Å². The average Bonchev–Trinajstić information content (AvgIpc) is 3.42. The number of aromatic amines is 1. The van der Waals surface area contributed by atoms with Gasteiger partial charge in [-0.15, -0.1) is 0 Å². The van der Waals surface area contributed by atoms with Crippen molar-refractivity contribution in [1.82, 2.24) is 25.1 Å². The molecule has 2 aromatic heterocycles. The van der Waals surface area contributed by atoms with Crippen LogP contribution in [0.4, 0.5) is 0 Å².